The van der Waals surface area contributed by atoms with Crippen molar-refractivity contribution in [2.45, 2.75) is 40.5 Å². The molecule has 0 aliphatic heterocycles. The van der Waals surface area contributed by atoms with E-state index >= 15 is 0 Å². The van der Waals surface area contributed by atoms with E-state index in [0.29, 0.717) is 17.4 Å². The van der Waals surface area contributed by atoms with E-state index in [-0.39, 0.29) is 21.1 Å². The molecular weight excluding hydrogens is 764 g/mol. The minimum atomic E-state index is 0. The van der Waals surface area contributed by atoms with Crippen molar-refractivity contribution in [1.29, 1.82) is 0 Å². The van der Waals surface area contributed by atoms with Crippen molar-refractivity contribution in [3.63, 3.8) is 0 Å². The molecule has 0 atom stereocenters. The predicted molar refractivity (Wildman–Crippen MR) is 185 cm³/mol. The molecule has 3 heterocycles. The first-order valence-electron chi connectivity index (χ1n) is 15.7. The van der Waals surface area contributed by atoms with Crippen molar-refractivity contribution < 1.29 is 30.5 Å². The van der Waals surface area contributed by atoms with Crippen molar-refractivity contribution >= 4 is 21.8 Å². The molecule has 7 heteroatoms. The smallest absolute Gasteiger partial charge is 0.509 e. The maximum absolute atomic E-state index is 6.35. The average molecular weight is 800 g/mol. The van der Waals surface area contributed by atoms with Gasteiger partial charge in [-0.05, 0) is 78.1 Å². The van der Waals surface area contributed by atoms with Gasteiger partial charge < -0.3 is 14.0 Å². The molecule has 47 heavy (non-hydrogen) atoms. The van der Waals surface area contributed by atoms with Crippen molar-refractivity contribution in [2.24, 2.45) is 5.92 Å². The van der Waals surface area contributed by atoms with Crippen LogP contribution in [0.3, 0.4) is 0 Å². The van der Waals surface area contributed by atoms with E-state index in [4.69, 9.17) is 14.6 Å². The van der Waals surface area contributed by atoms with E-state index in [0.717, 1.165) is 51.0 Å². The zero-order valence-electron chi connectivity index (χ0n) is 27.2. The fourth-order valence-electron chi connectivity index (χ4n) is 6.26. The first kappa shape index (κ1) is 32.3. The third-order valence-electron chi connectivity index (χ3n) is 8.43. The fourth-order valence-corrected chi connectivity index (χ4v) is 6.26. The van der Waals surface area contributed by atoms with Gasteiger partial charge in [-0.25, -0.2) is 4.98 Å². The minimum Gasteiger partial charge on any atom is -0.509 e. The van der Waals surface area contributed by atoms with E-state index in [1.54, 1.807) is 13.3 Å². The van der Waals surface area contributed by atoms with Gasteiger partial charge in [0.1, 0.15) is 11.6 Å². The number of hydrogen-bond acceptors (Lipinski definition) is 4. The first-order valence-corrected chi connectivity index (χ1v) is 15.7. The molecule has 0 amide bonds. The number of benzene rings is 4. The Morgan fingerprint density at radius 3 is 2.43 bits per heavy atom. The van der Waals surface area contributed by atoms with Crippen molar-refractivity contribution in [1.82, 2.24) is 19.3 Å². The van der Waals surface area contributed by atoms with E-state index in [9.17, 15) is 0 Å². The summed E-state index contributed by atoms with van der Waals surface area (Å²) in [6, 6.07) is 33.4. The molecule has 238 valence electrons. The number of rotatable bonds is 9. The summed E-state index contributed by atoms with van der Waals surface area (Å²) in [6.45, 7) is 8.93. The Morgan fingerprint density at radius 1 is 0.851 bits per heavy atom. The minimum absolute atomic E-state index is 0. The van der Waals surface area contributed by atoms with Crippen LogP contribution >= 0.6 is 0 Å². The summed E-state index contributed by atoms with van der Waals surface area (Å²) in [4.78, 5) is 4.65. The molecule has 0 saturated heterocycles. The molecule has 0 aliphatic rings. The van der Waals surface area contributed by atoms with Crippen LogP contribution in [0.5, 0.6) is 17.2 Å². The Balaban J connectivity index is 0.00000386. The van der Waals surface area contributed by atoms with Gasteiger partial charge in [-0.1, -0.05) is 49.7 Å². The van der Waals surface area contributed by atoms with Gasteiger partial charge in [0, 0.05) is 41.0 Å². The SMILES string of the molecule is COc1ccnc(-n2c3[c-]c(Oc4[c-]c(-n5cc(-c6c(C)cc(CCC(C)C)cc6C)cn5)ccc4)ccc3c3ccccc32)c1.[Pt+2]. The third kappa shape index (κ3) is 6.48. The van der Waals surface area contributed by atoms with Crippen LogP contribution in [0.15, 0.2) is 97.5 Å². The van der Waals surface area contributed by atoms with Crippen LogP contribution in [-0.4, -0.2) is 26.4 Å². The molecule has 0 fully saturated rings. The molecule has 0 saturated carbocycles. The molecule has 0 radical (unpaired) electrons. The van der Waals surface area contributed by atoms with Crippen molar-refractivity contribution in [3.05, 3.63) is 126 Å². The van der Waals surface area contributed by atoms with E-state index in [1.807, 2.05) is 59.4 Å². The second-order valence-corrected chi connectivity index (χ2v) is 12.2. The summed E-state index contributed by atoms with van der Waals surface area (Å²) in [5.74, 6) is 3.34. The summed E-state index contributed by atoms with van der Waals surface area (Å²) in [7, 11) is 1.66. The van der Waals surface area contributed by atoms with Gasteiger partial charge >= 0.3 is 21.1 Å². The molecular formula is C40H36N4O2Pt. The van der Waals surface area contributed by atoms with Crippen LogP contribution in [0.1, 0.15) is 37.0 Å². The Morgan fingerprint density at radius 2 is 1.64 bits per heavy atom. The number of pyridine rings is 1. The van der Waals surface area contributed by atoms with Gasteiger partial charge in [-0.2, -0.15) is 17.2 Å². The van der Waals surface area contributed by atoms with Crippen LogP contribution in [0, 0.1) is 31.9 Å². The van der Waals surface area contributed by atoms with E-state index in [1.165, 1.54) is 28.7 Å². The molecule has 0 aliphatic carbocycles. The monoisotopic (exact) mass is 799 g/mol. The predicted octanol–water partition coefficient (Wildman–Crippen LogP) is 9.64. The van der Waals surface area contributed by atoms with Crippen LogP contribution in [-0.2, 0) is 27.5 Å². The van der Waals surface area contributed by atoms with Gasteiger partial charge in [0.05, 0.1) is 13.3 Å². The van der Waals surface area contributed by atoms with Crippen LogP contribution in [0.4, 0.5) is 0 Å². The zero-order valence-corrected chi connectivity index (χ0v) is 29.4. The van der Waals surface area contributed by atoms with Gasteiger partial charge in [-0.3, -0.25) is 4.68 Å². The van der Waals surface area contributed by atoms with Gasteiger partial charge in [0.25, 0.3) is 0 Å². The number of aromatic nitrogens is 4. The summed E-state index contributed by atoms with van der Waals surface area (Å²) in [5.41, 5.74) is 8.95. The topological polar surface area (TPSA) is 54.1 Å². The van der Waals surface area contributed by atoms with Gasteiger partial charge in [0.2, 0.25) is 0 Å². The van der Waals surface area contributed by atoms with Crippen LogP contribution < -0.4 is 9.47 Å². The number of aryl methyl sites for hydroxylation is 3. The standard InChI is InChI=1S/C40H36N4O2.Pt/c1-26(2)13-14-29-19-27(3)40(28(4)20-29)30-24-42-43(25-30)31-9-8-10-33(21-31)46-34-15-16-36-35-11-6-7-12-37(35)44(38(36)22-34)39-23-32(45-5)17-18-41-39;/h6-12,15-20,23-26H,13-14H2,1-5H3;/q-2;+2. The fraction of sp³-hybridized carbons (Fsp3) is 0.200. The molecule has 0 bridgehead atoms. The largest absolute Gasteiger partial charge is 2.00 e. The third-order valence-corrected chi connectivity index (χ3v) is 8.43. The molecule has 7 aromatic rings. The summed E-state index contributed by atoms with van der Waals surface area (Å²) in [6.07, 6.45) is 8.04. The quantitative estimate of drug-likeness (QED) is 0.137. The summed E-state index contributed by atoms with van der Waals surface area (Å²) >= 11 is 0. The summed E-state index contributed by atoms with van der Waals surface area (Å²) in [5, 5.41) is 6.88. The Hall–Kier alpha value is -4.67. The van der Waals surface area contributed by atoms with Crippen LogP contribution in [0.25, 0.3) is 44.4 Å². The Bertz CT molecular complexity index is 2170. The number of hydrogen-bond donors (Lipinski definition) is 0. The molecule has 7 rings (SSSR count). The molecule has 4 aromatic carbocycles. The first-order chi connectivity index (χ1) is 22.4. The summed E-state index contributed by atoms with van der Waals surface area (Å²) < 4.78 is 15.8. The van der Waals surface area contributed by atoms with Crippen molar-refractivity contribution in [2.75, 3.05) is 7.11 Å². The molecule has 0 spiro atoms. The number of methoxy groups -OCH3 is 1. The van der Waals surface area contributed by atoms with Crippen molar-refractivity contribution in [3.8, 4) is 39.9 Å². The Labute approximate surface area is 290 Å². The zero-order chi connectivity index (χ0) is 31.8. The Kier molecular flexibility index (Phi) is 9.33. The molecule has 0 unspecified atom stereocenters. The number of fused-ring (bicyclic) bond motifs is 3. The number of ether oxygens (including phenoxy) is 2. The second kappa shape index (κ2) is 13.6. The van der Waals surface area contributed by atoms with E-state index in [2.05, 4.69) is 85.9 Å². The second-order valence-electron chi connectivity index (χ2n) is 12.2. The van der Waals surface area contributed by atoms with Crippen LogP contribution in [0.2, 0.25) is 0 Å². The van der Waals surface area contributed by atoms with E-state index < -0.39 is 0 Å². The average Bonchev–Trinajstić information content (AvgIpc) is 3.67. The normalized spacial score (nSPS) is 11.3. The van der Waals surface area contributed by atoms with Gasteiger partial charge in [-0.15, -0.1) is 35.7 Å². The number of para-hydroxylation sites is 1. The maximum Gasteiger partial charge on any atom is 2.00 e. The number of nitrogens with zero attached hydrogens (tertiary/aromatic N) is 4. The molecule has 0 N–H and O–H groups in total. The maximum atomic E-state index is 6.35. The molecule has 3 aromatic heterocycles. The van der Waals surface area contributed by atoms with Gasteiger partial charge in [0.15, 0.2) is 0 Å². The molecule has 6 nitrogen and oxygen atoms in total.